The van der Waals surface area contributed by atoms with Crippen LogP contribution in [-0.4, -0.2) is 56.6 Å². The van der Waals surface area contributed by atoms with E-state index < -0.39 is 28.4 Å². The van der Waals surface area contributed by atoms with Gasteiger partial charge in [0.05, 0.1) is 37.6 Å². The molecule has 1 aliphatic rings. The summed E-state index contributed by atoms with van der Waals surface area (Å²) in [7, 11) is -4.03. The van der Waals surface area contributed by atoms with Crippen LogP contribution in [0.1, 0.15) is 17.8 Å². The largest absolute Gasteiger partial charge is 0.390 e. The Kier molecular flexibility index (Phi) is 5.99. The Morgan fingerprint density at radius 1 is 1.29 bits per heavy atom. The lowest BCUT2D eigenvalue weighted by molar-refractivity contribution is -0.129. The van der Waals surface area contributed by atoms with Crippen molar-refractivity contribution in [2.75, 3.05) is 37.0 Å². The molecule has 0 aliphatic carbocycles. The van der Waals surface area contributed by atoms with E-state index in [0.29, 0.717) is 43.6 Å². The van der Waals surface area contributed by atoms with Crippen molar-refractivity contribution in [3.05, 3.63) is 17.5 Å². The van der Waals surface area contributed by atoms with Crippen molar-refractivity contribution >= 4 is 16.0 Å². The summed E-state index contributed by atoms with van der Waals surface area (Å²) in [4.78, 5) is 10.5. The van der Waals surface area contributed by atoms with Crippen LogP contribution in [0, 0.1) is 6.92 Å². The third kappa shape index (κ3) is 6.21. The van der Waals surface area contributed by atoms with Crippen molar-refractivity contribution in [2.24, 2.45) is 0 Å². The molecular weight excluding hydrogens is 349 g/mol. The highest BCUT2D eigenvalue weighted by Crippen LogP contribution is 2.20. The van der Waals surface area contributed by atoms with Crippen molar-refractivity contribution in [3.63, 3.8) is 0 Å². The Bertz CT molecular complexity index is 661. The molecule has 0 bridgehead atoms. The summed E-state index contributed by atoms with van der Waals surface area (Å²) in [5.41, 5.74) is 1.05. The molecule has 0 amide bonds. The number of halogens is 3. The lowest BCUT2D eigenvalue weighted by atomic mass is 10.3. The quantitative estimate of drug-likeness (QED) is 0.806. The number of morpholine rings is 1. The van der Waals surface area contributed by atoms with Crippen LogP contribution in [0.25, 0.3) is 0 Å². The molecule has 24 heavy (non-hydrogen) atoms. The van der Waals surface area contributed by atoms with Gasteiger partial charge in [0, 0.05) is 18.8 Å². The van der Waals surface area contributed by atoms with Crippen LogP contribution in [0.4, 0.5) is 19.1 Å². The van der Waals surface area contributed by atoms with Crippen molar-refractivity contribution in [3.8, 4) is 0 Å². The first-order chi connectivity index (χ1) is 11.1. The fraction of sp³-hybridized carbons (Fsp3) is 0.692. The number of aryl methyl sites for hydroxylation is 1. The molecule has 0 unspecified atom stereocenters. The summed E-state index contributed by atoms with van der Waals surface area (Å²) >= 11 is 0. The first-order valence-corrected chi connectivity index (χ1v) is 9.01. The molecule has 1 aromatic rings. The second-order valence-electron chi connectivity index (χ2n) is 5.41. The maximum absolute atomic E-state index is 12.1. The average molecular weight is 368 g/mol. The Morgan fingerprint density at radius 2 is 1.96 bits per heavy atom. The second kappa shape index (κ2) is 7.62. The number of nitrogens with one attached hydrogen (secondary N) is 1. The Labute approximate surface area is 138 Å². The van der Waals surface area contributed by atoms with E-state index in [0.717, 1.165) is 0 Å². The molecule has 0 atom stereocenters. The van der Waals surface area contributed by atoms with Crippen LogP contribution in [0.3, 0.4) is 0 Å². The molecule has 2 rings (SSSR count). The van der Waals surface area contributed by atoms with Crippen LogP contribution < -0.4 is 9.62 Å². The van der Waals surface area contributed by atoms with Crippen molar-refractivity contribution < 1.29 is 26.3 Å². The van der Waals surface area contributed by atoms with Crippen LogP contribution in [-0.2, 0) is 21.3 Å². The van der Waals surface area contributed by atoms with Gasteiger partial charge in [-0.15, -0.1) is 0 Å². The normalized spacial score (nSPS) is 16.4. The van der Waals surface area contributed by atoms with Gasteiger partial charge in [-0.3, -0.25) is 0 Å². The molecule has 2 heterocycles. The number of hydrogen-bond acceptors (Lipinski definition) is 6. The van der Waals surface area contributed by atoms with Gasteiger partial charge in [-0.2, -0.15) is 13.2 Å². The van der Waals surface area contributed by atoms with E-state index in [1.165, 1.54) is 0 Å². The Morgan fingerprint density at radius 3 is 2.58 bits per heavy atom. The smallest absolute Gasteiger partial charge is 0.378 e. The summed E-state index contributed by atoms with van der Waals surface area (Å²) in [6.07, 6.45) is -5.89. The number of ether oxygens (including phenoxy) is 1. The number of alkyl halides is 3. The number of aromatic nitrogens is 2. The summed E-state index contributed by atoms with van der Waals surface area (Å²) in [6.45, 7) is 3.92. The lowest BCUT2D eigenvalue weighted by Gasteiger charge is -2.27. The van der Waals surface area contributed by atoms with Gasteiger partial charge in [-0.05, 0) is 13.0 Å². The molecule has 1 aromatic heterocycles. The average Bonchev–Trinajstić information content (AvgIpc) is 2.51. The van der Waals surface area contributed by atoms with Gasteiger partial charge in [0.15, 0.2) is 0 Å². The van der Waals surface area contributed by atoms with Gasteiger partial charge >= 0.3 is 6.18 Å². The highest BCUT2D eigenvalue weighted by atomic mass is 32.2. The third-order valence-electron chi connectivity index (χ3n) is 3.32. The number of nitrogens with zero attached hydrogens (tertiary/aromatic N) is 3. The highest BCUT2D eigenvalue weighted by Gasteiger charge is 2.29. The second-order valence-corrected chi connectivity index (χ2v) is 7.33. The number of hydrogen-bond donors (Lipinski definition) is 1. The van der Waals surface area contributed by atoms with E-state index in [1.807, 2.05) is 4.90 Å². The van der Waals surface area contributed by atoms with Crippen LogP contribution in [0.15, 0.2) is 6.07 Å². The van der Waals surface area contributed by atoms with Gasteiger partial charge in [0.25, 0.3) is 0 Å². The van der Waals surface area contributed by atoms with Gasteiger partial charge in [-0.25, -0.2) is 23.1 Å². The van der Waals surface area contributed by atoms with Crippen molar-refractivity contribution in [2.45, 2.75) is 26.1 Å². The molecule has 1 fully saturated rings. The fourth-order valence-corrected chi connectivity index (χ4v) is 3.13. The van der Waals surface area contributed by atoms with E-state index in [1.54, 1.807) is 13.0 Å². The topological polar surface area (TPSA) is 84.4 Å². The summed E-state index contributed by atoms with van der Waals surface area (Å²) in [6, 6.07) is 1.59. The van der Waals surface area contributed by atoms with Gasteiger partial charge < -0.3 is 9.64 Å². The molecule has 0 radical (unpaired) electrons. The summed E-state index contributed by atoms with van der Waals surface area (Å²) < 4.78 is 67.1. The molecule has 0 spiro atoms. The monoisotopic (exact) mass is 368 g/mol. The van der Waals surface area contributed by atoms with Crippen LogP contribution in [0.5, 0.6) is 0 Å². The van der Waals surface area contributed by atoms with Crippen LogP contribution in [0.2, 0.25) is 0 Å². The first-order valence-electron chi connectivity index (χ1n) is 7.36. The number of anilines is 1. The lowest BCUT2D eigenvalue weighted by Crippen LogP contribution is -2.37. The molecule has 136 valence electrons. The highest BCUT2D eigenvalue weighted by molar-refractivity contribution is 7.89. The minimum atomic E-state index is -4.51. The third-order valence-corrected chi connectivity index (χ3v) is 4.64. The van der Waals surface area contributed by atoms with E-state index in [9.17, 15) is 21.6 Å². The molecule has 1 aliphatic heterocycles. The van der Waals surface area contributed by atoms with Gasteiger partial charge in [0.1, 0.15) is 0 Å². The first kappa shape index (κ1) is 18.9. The minimum Gasteiger partial charge on any atom is -0.378 e. The molecule has 1 saturated heterocycles. The molecule has 0 saturated carbocycles. The Balaban J connectivity index is 2.00. The van der Waals surface area contributed by atoms with Crippen molar-refractivity contribution in [1.82, 2.24) is 14.7 Å². The molecule has 1 N–H and O–H groups in total. The molecule has 0 aromatic carbocycles. The van der Waals surface area contributed by atoms with Crippen LogP contribution >= 0.6 is 0 Å². The predicted molar refractivity (Wildman–Crippen MR) is 81.1 cm³/mol. The minimum absolute atomic E-state index is 0.180. The Hall–Kier alpha value is -1.46. The summed E-state index contributed by atoms with van der Waals surface area (Å²) in [5.74, 6) is -0.542. The maximum atomic E-state index is 12.1. The zero-order chi connectivity index (χ0) is 17.8. The number of sulfonamides is 1. The number of rotatable bonds is 6. The van der Waals surface area contributed by atoms with Gasteiger partial charge in [-0.1, -0.05) is 0 Å². The van der Waals surface area contributed by atoms with Gasteiger partial charge in [0.2, 0.25) is 16.0 Å². The zero-order valence-electron chi connectivity index (χ0n) is 13.1. The fourth-order valence-electron chi connectivity index (χ4n) is 2.12. The molecular formula is C13H19F3N4O3S. The SMILES string of the molecule is Cc1cc(CNS(=O)(=O)CCC(F)(F)F)nc(N2CCOCC2)n1. The zero-order valence-corrected chi connectivity index (χ0v) is 14.0. The van der Waals surface area contributed by atoms with Crippen molar-refractivity contribution in [1.29, 1.82) is 0 Å². The molecule has 11 heteroatoms. The van der Waals surface area contributed by atoms with E-state index in [4.69, 9.17) is 4.74 Å². The standard InChI is InChI=1S/C13H19F3N4O3S/c1-10-8-11(9-17-24(21,22)7-2-13(14,15)16)19-12(18-10)20-3-5-23-6-4-20/h8,17H,2-7,9H2,1H3. The maximum Gasteiger partial charge on any atom is 0.390 e. The molecule has 7 nitrogen and oxygen atoms in total. The predicted octanol–water partition coefficient (Wildman–Crippen LogP) is 0.993. The van der Waals surface area contributed by atoms with E-state index in [2.05, 4.69) is 14.7 Å². The van der Waals surface area contributed by atoms with E-state index >= 15 is 0 Å². The van der Waals surface area contributed by atoms with E-state index in [-0.39, 0.29) is 6.54 Å². The summed E-state index contributed by atoms with van der Waals surface area (Å²) in [5, 5.41) is 0.